The van der Waals surface area contributed by atoms with Gasteiger partial charge in [0, 0.05) is 17.1 Å². The molecule has 3 rings (SSSR count). The number of hydrogen-bond donors (Lipinski definition) is 1. The second-order valence-electron chi connectivity index (χ2n) is 6.34. The van der Waals surface area contributed by atoms with Gasteiger partial charge in [0.05, 0.1) is 7.11 Å². The molecule has 1 saturated heterocycles. The molecule has 0 aromatic heterocycles. The molecule has 1 aliphatic heterocycles. The first-order valence-electron chi connectivity index (χ1n) is 8.98. The van der Waals surface area contributed by atoms with Crippen LogP contribution in [-0.4, -0.2) is 35.5 Å². The van der Waals surface area contributed by atoms with Crippen molar-refractivity contribution in [2.24, 2.45) is 0 Å². The Bertz CT molecular complexity index is 1030. The molecule has 0 spiro atoms. The van der Waals surface area contributed by atoms with E-state index >= 15 is 0 Å². The molecule has 0 aliphatic carbocycles. The molecule has 8 heteroatoms. The molecule has 0 atom stereocenters. The molecule has 1 heterocycles. The van der Waals surface area contributed by atoms with Crippen molar-refractivity contribution in [2.75, 3.05) is 13.7 Å². The highest BCUT2D eigenvalue weighted by atomic mass is 35.5. The molecule has 0 saturated carbocycles. The molecular weight excluding hydrogens is 424 g/mol. The lowest BCUT2D eigenvalue weighted by Gasteiger charge is -2.27. The van der Waals surface area contributed by atoms with Crippen LogP contribution in [0.15, 0.2) is 60.7 Å². The molecule has 2 aromatic carbocycles. The molecule has 2 amide bonds. The lowest BCUT2D eigenvalue weighted by atomic mass is 10.0. The van der Waals surface area contributed by atoms with E-state index in [-0.39, 0.29) is 23.8 Å². The largest absolute Gasteiger partial charge is 0.496 e. The van der Waals surface area contributed by atoms with Gasteiger partial charge in [0.2, 0.25) is 0 Å². The lowest BCUT2D eigenvalue weighted by molar-refractivity contribution is -0.128. The molecular formula is C22H19ClN2O4S. The summed E-state index contributed by atoms with van der Waals surface area (Å²) in [6.45, 7) is 4.05. The van der Waals surface area contributed by atoms with E-state index in [4.69, 9.17) is 33.3 Å². The van der Waals surface area contributed by atoms with Crippen molar-refractivity contribution in [3.63, 3.8) is 0 Å². The summed E-state index contributed by atoms with van der Waals surface area (Å²) in [4.78, 5) is 26.3. The topological polar surface area (TPSA) is 67.9 Å². The van der Waals surface area contributed by atoms with Crippen LogP contribution in [0.3, 0.4) is 0 Å². The summed E-state index contributed by atoms with van der Waals surface area (Å²) in [5.41, 5.74) is 1.39. The second kappa shape index (κ2) is 9.56. The number of ether oxygens (including phenoxy) is 2. The van der Waals surface area contributed by atoms with Gasteiger partial charge in [-0.1, -0.05) is 23.7 Å². The summed E-state index contributed by atoms with van der Waals surface area (Å²) in [6, 6.07) is 12.3. The first kappa shape index (κ1) is 21.5. The summed E-state index contributed by atoms with van der Waals surface area (Å²) < 4.78 is 11.2. The van der Waals surface area contributed by atoms with Crippen LogP contribution in [0.1, 0.15) is 11.1 Å². The summed E-state index contributed by atoms with van der Waals surface area (Å²) in [7, 11) is 1.56. The minimum Gasteiger partial charge on any atom is -0.496 e. The van der Waals surface area contributed by atoms with Gasteiger partial charge < -0.3 is 9.47 Å². The maximum absolute atomic E-state index is 12.7. The van der Waals surface area contributed by atoms with Crippen LogP contribution in [0.4, 0.5) is 0 Å². The van der Waals surface area contributed by atoms with Gasteiger partial charge in [-0.2, -0.15) is 0 Å². The molecule has 2 aromatic rings. The van der Waals surface area contributed by atoms with Crippen molar-refractivity contribution >= 4 is 46.8 Å². The number of rotatable bonds is 7. The van der Waals surface area contributed by atoms with Crippen LogP contribution < -0.4 is 14.8 Å². The highest BCUT2D eigenvalue weighted by Crippen LogP contribution is 2.25. The number of thiocarbonyl (C=S) groups is 1. The van der Waals surface area contributed by atoms with Crippen molar-refractivity contribution in [2.45, 2.75) is 6.61 Å². The Morgan fingerprint density at radius 2 is 1.93 bits per heavy atom. The van der Waals surface area contributed by atoms with Gasteiger partial charge in [0.15, 0.2) is 5.11 Å². The first-order valence-corrected chi connectivity index (χ1v) is 9.76. The first-order chi connectivity index (χ1) is 14.4. The normalized spacial score (nSPS) is 15.2. The Labute approximate surface area is 184 Å². The zero-order chi connectivity index (χ0) is 21.7. The maximum atomic E-state index is 12.7. The third kappa shape index (κ3) is 4.87. The zero-order valence-electron chi connectivity index (χ0n) is 16.2. The molecule has 0 bridgehead atoms. The van der Waals surface area contributed by atoms with E-state index in [2.05, 4.69) is 11.9 Å². The Morgan fingerprint density at radius 3 is 2.60 bits per heavy atom. The van der Waals surface area contributed by atoms with Gasteiger partial charge >= 0.3 is 0 Å². The van der Waals surface area contributed by atoms with Crippen LogP contribution in [-0.2, 0) is 16.2 Å². The minimum absolute atomic E-state index is 0.0137. The summed E-state index contributed by atoms with van der Waals surface area (Å²) in [6.07, 6.45) is 3.06. The van der Waals surface area contributed by atoms with E-state index in [1.165, 1.54) is 11.0 Å². The molecule has 1 N–H and O–H groups in total. The Hall–Kier alpha value is -3.16. The molecule has 154 valence electrons. The van der Waals surface area contributed by atoms with Crippen LogP contribution in [0.25, 0.3) is 6.08 Å². The highest BCUT2D eigenvalue weighted by Gasteiger charge is 2.32. The number of carbonyl (C=O) groups is 2. The van der Waals surface area contributed by atoms with Gasteiger partial charge in [-0.15, -0.1) is 6.58 Å². The minimum atomic E-state index is -0.542. The van der Waals surface area contributed by atoms with Gasteiger partial charge in [-0.25, -0.2) is 0 Å². The zero-order valence-corrected chi connectivity index (χ0v) is 17.8. The van der Waals surface area contributed by atoms with Gasteiger partial charge in [0.1, 0.15) is 23.7 Å². The SMILES string of the molecule is C=CCN1C(=O)C(=Cc2ccc(OC)c(COc3ccc(Cl)cc3)c2)C(=O)NC1=S. The smallest absolute Gasteiger partial charge is 0.265 e. The second-order valence-corrected chi connectivity index (χ2v) is 7.16. The van der Waals surface area contributed by atoms with E-state index < -0.39 is 11.8 Å². The summed E-state index contributed by atoms with van der Waals surface area (Å²) >= 11 is 11.0. The molecule has 0 radical (unpaired) electrons. The lowest BCUT2D eigenvalue weighted by Crippen LogP contribution is -2.53. The van der Waals surface area contributed by atoms with Crippen LogP contribution >= 0.6 is 23.8 Å². The van der Waals surface area contributed by atoms with Crippen molar-refractivity contribution in [1.29, 1.82) is 0 Å². The average molecular weight is 443 g/mol. The number of hydrogen-bond acceptors (Lipinski definition) is 5. The van der Waals surface area contributed by atoms with Crippen LogP contribution in [0.2, 0.25) is 5.02 Å². The monoisotopic (exact) mass is 442 g/mol. The van der Waals surface area contributed by atoms with Gasteiger partial charge in [-0.3, -0.25) is 19.8 Å². The van der Waals surface area contributed by atoms with Crippen molar-refractivity contribution < 1.29 is 19.1 Å². The molecule has 30 heavy (non-hydrogen) atoms. The number of nitrogens with one attached hydrogen (secondary N) is 1. The Morgan fingerprint density at radius 1 is 1.20 bits per heavy atom. The van der Waals surface area contributed by atoms with Crippen LogP contribution in [0.5, 0.6) is 11.5 Å². The van der Waals surface area contributed by atoms with Gasteiger partial charge in [0.25, 0.3) is 11.8 Å². The van der Waals surface area contributed by atoms with E-state index in [9.17, 15) is 9.59 Å². The van der Waals surface area contributed by atoms with Crippen molar-refractivity contribution in [3.8, 4) is 11.5 Å². The van der Waals surface area contributed by atoms with E-state index in [0.29, 0.717) is 22.1 Å². The number of amides is 2. The Kier molecular flexibility index (Phi) is 6.87. The molecule has 1 aliphatic rings. The number of methoxy groups -OCH3 is 1. The fraction of sp³-hybridized carbons (Fsp3) is 0.136. The fourth-order valence-corrected chi connectivity index (χ4v) is 3.22. The molecule has 6 nitrogen and oxygen atoms in total. The van der Waals surface area contributed by atoms with E-state index in [1.807, 2.05) is 0 Å². The predicted molar refractivity (Wildman–Crippen MR) is 119 cm³/mol. The van der Waals surface area contributed by atoms with E-state index in [0.717, 1.165) is 5.56 Å². The third-order valence-corrected chi connectivity index (χ3v) is 4.90. The summed E-state index contributed by atoms with van der Waals surface area (Å²) in [5.74, 6) is 0.263. The van der Waals surface area contributed by atoms with Crippen molar-refractivity contribution in [3.05, 3.63) is 76.8 Å². The highest BCUT2D eigenvalue weighted by molar-refractivity contribution is 7.80. The fourth-order valence-electron chi connectivity index (χ4n) is 2.85. The molecule has 1 fully saturated rings. The summed E-state index contributed by atoms with van der Waals surface area (Å²) in [5, 5.41) is 3.21. The quantitative estimate of drug-likeness (QED) is 0.306. The van der Waals surface area contributed by atoms with E-state index in [1.54, 1.807) is 55.7 Å². The number of halogens is 1. The Balaban J connectivity index is 1.86. The molecule has 0 unspecified atom stereocenters. The van der Waals surface area contributed by atoms with Crippen molar-refractivity contribution in [1.82, 2.24) is 10.2 Å². The average Bonchev–Trinajstić information content (AvgIpc) is 2.74. The number of benzene rings is 2. The third-order valence-electron chi connectivity index (χ3n) is 4.32. The van der Waals surface area contributed by atoms with Crippen LogP contribution in [0, 0.1) is 0 Å². The standard InChI is InChI=1S/C22H19ClN2O4S/c1-3-10-25-21(27)18(20(26)24-22(25)30)12-14-4-9-19(28-2)15(11-14)13-29-17-7-5-16(23)6-8-17/h3-9,11-12H,1,10,13H2,2H3,(H,24,26,30). The number of nitrogens with zero attached hydrogens (tertiary/aromatic N) is 1. The van der Waals surface area contributed by atoms with Gasteiger partial charge in [-0.05, 0) is 60.3 Å². The predicted octanol–water partition coefficient (Wildman–Crippen LogP) is 3.74. The maximum Gasteiger partial charge on any atom is 0.265 e. The number of carbonyl (C=O) groups excluding carboxylic acids is 2.